The molecule has 0 saturated heterocycles. The average Bonchev–Trinajstić information content (AvgIpc) is 2.42. The summed E-state index contributed by atoms with van der Waals surface area (Å²) in [7, 11) is 2.02. The SMILES string of the molecule is CNCC(Cc1ccccc1Br)c1ccc(C)cc1. The van der Waals surface area contributed by atoms with Gasteiger partial charge in [-0.3, -0.25) is 0 Å². The lowest BCUT2D eigenvalue weighted by Gasteiger charge is -2.18. The van der Waals surface area contributed by atoms with Gasteiger partial charge in [-0.2, -0.15) is 0 Å². The Bertz CT molecular complexity index is 519. The van der Waals surface area contributed by atoms with Crippen LogP contribution in [0.3, 0.4) is 0 Å². The maximum atomic E-state index is 3.64. The number of nitrogens with one attached hydrogen (secondary N) is 1. The minimum Gasteiger partial charge on any atom is -0.319 e. The molecule has 2 heteroatoms. The summed E-state index contributed by atoms with van der Waals surface area (Å²) in [6, 6.07) is 17.3. The van der Waals surface area contributed by atoms with Crippen molar-refractivity contribution in [2.45, 2.75) is 19.3 Å². The summed E-state index contributed by atoms with van der Waals surface area (Å²) in [6.45, 7) is 3.12. The number of halogens is 1. The quantitative estimate of drug-likeness (QED) is 0.866. The monoisotopic (exact) mass is 317 g/mol. The molecule has 0 aliphatic carbocycles. The molecule has 0 fully saturated rings. The van der Waals surface area contributed by atoms with Crippen LogP contribution in [0, 0.1) is 6.92 Å². The van der Waals surface area contributed by atoms with Gasteiger partial charge in [-0.25, -0.2) is 0 Å². The Labute approximate surface area is 124 Å². The Hall–Kier alpha value is -1.12. The van der Waals surface area contributed by atoms with E-state index in [0.717, 1.165) is 13.0 Å². The van der Waals surface area contributed by atoms with Crippen molar-refractivity contribution in [2.24, 2.45) is 0 Å². The average molecular weight is 318 g/mol. The lowest BCUT2D eigenvalue weighted by Crippen LogP contribution is -2.19. The van der Waals surface area contributed by atoms with Crippen molar-refractivity contribution in [1.82, 2.24) is 5.32 Å². The van der Waals surface area contributed by atoms with Crippen LogP contribution in [-0.2, 0) is 6.42 Å². The molecule has 2 rings (SSSR count). The largest absolute Gasteiger partial charge is 0.319 e. The number of likely N-dealkylation sites (N-methyl/N-ethyl adjacent to an activating group) is 1. The van der Waals surface area contributed by atoms with E-state index < -0.39 is 0 Å². The van der Waals surface area contributed by atoms with E-state index in [1.807, 2.05) is 7.05 Å². The Kier molecular flexibility index (Phi) is 5.17. The van der Waals surface area contributed by atoms with Crippen molar-refractivity contribution in [3.05, 3.63) is 69.7 Å². The van der Waals surface area contributed by atoms with Crippen LogP contribution < -0.4 is 5.32 Å². The standard InChI is InChI=1S/C17H20BrN/c1-13-7-9-14(10-8-13)16(12-19-2)11-15-5-3-4-6-17(15)18/h3-10,16,19H,11-12H2,1-2H3. The number of benzene rings is 2. The summed E-state index contributed by atoms with van der Waals surface area (Å²) in [5.74, 6) is 0.504. The Morgan fingerprint density at radius 3 is 2.37 bits per heavy atom. The summed E-state index contributed by atoms with van der Waals surface area (Å²) in [5, 5.41) is 3.31. The first-order valence-electron chi connectivity index (χ1n) is 6.65. The van der Waals surface area contributed by atoms with E-state index in [4.69, 9.17) is 0 Å². The van der Waals surface area contributed by atoms with Gasteiger partial charge in [0, 0.05) is 16.9 Å². The zero-order valence-corrected chi connectivity index (χ0v) is 13.1. The van der Waals surface area contributed by atoms with Crippen LogP contribution in [-0.4, -0.2) is 13.6 Å². The van der Waals surface area contributed by atoms with Crippen molar-refractivity contribution < 1.29 is 0 Å². The summed E-state index contributed by atoms with van der Waals surface area (Å²) in [5.41, 5.74) is 4.08. The van der Waals surface area contributed by atoms with Gasteiger partial charge < -0.3 is 5.32 Å². The minimum absolute atomic E-state index is 0.504. The van der Waals surface area contributed by atoms with E-state index in [1.54, 1.807) is 0 Å². The van der Waals surface area contributed by atoms with Crippen LogP contribution in [0.25, 0.3) is 0 Å². The lowest BCUT2D eigenvalue weighted by atomic mass is 9.91. The van der Waals surface area contributed by atoms with Crippen molar-refractivity contribution >= 4 is 15.9 Å². The van der Waals surface area contributed by atoms with E-state index >= 15 is 0 Å². The molecule has 2 aromatic rings. The molecule has 0 radical (unpaired) electrons. The van der Waals surface area contributed by atoms with E-state index in [0.29, 0.717) is 5.92 Å². The minimum atomic E-state index is 0.504. The fourth-order valence-corrected chi connectivity index (χ4v) is 2.77. The third-order valence-corrected chi connectivity index (χ3v) is 4.20. The highest BCUT2D eigenvalue weighted by atomic mass is 79.9. The molecule has 0 aromatic heterocycles. The topological polar surface area (TPSA) is 12.0 Å². The van der Waals surface area contributed by atoms with Crippen LogP contribution in [0.4, 0.5) is 0 Å². The molecule has 100 valence electrons. The van der Waals surface area contributed by atoms with Gasteiger partial charge in [0.1, 0.15) is 0 Å². The Balaban J connectivity index is 2.21. The normalized spacial score (nSPS) is 12.4. The molecule has 0 aliphatic rings. The summed E-state index contributed by atoms with van der Waals surface area (Å²) in [4.78, 5) is 0. The maximum absolute atomic E-state index is 3.64. The van der Waals surface area contributed by atoms with Gasteiger partial charge in [-0.05, 0) is 37.6 Å². The zero-order valence-electron chi connectivity index (χ0n) is 11.5. The van der Waals surface area contributed by atoms with E-state index in [1.165, 1.54) is 21.2 Å². The molecule has 0 saturated carbocycles. The van der Waals surface area contributed by atoms with E-state index in [-0.39, 0.29) is 0 Å². The first-order valence-corrected chi connectivity index (χ1v) is 7.44. The third-order valence-electron chi connectivity index (χ3n) is 3.42. The number of hydrogen-bond acceptors (Lipinski definition) is 1. The first kappa shape index (κ1) is 14.3. The smallest absolute Gasteiger partial charge is 0.0207 e. The van der Waals surface area contributed by atoms with Gasteiger partial charge in [0.2, 0.25) is 0 Å². The molecular formula is C17H20BrN. The molecule has 1 N–H and O–H groups in total. The number of rotatable bonds is 5. The summed E-state index contributed by atoms with van der Waals surface area (Å²) >= 11 is 3.64. The second-order valence-electron chi connectivity index (χ2n) is 4.96. The summed E-state index contributed by atoms with van der Waals surface area (Å²) in [6.07, 6.45) is 1.05. The molecule has 1 atom stereocenters. The molecule has 1 unspecified atom stereocenters. The molecule has 0 amide bonds. The molecule has 1 nitrogen and oxygen atoms in total. The molecule has 0 heterocycles. The maximum Gasteiger partial charge on any atom is 0.0207 e. The fourth-order valence-electron chi connectivity index (χ4n) is 2.32. The third kappa shape index (κ3) is 3.92. The molecular weight excluding hydrogens is 298 g/mol. The van der Waals surface area contributed by atoms with Crippen LogP contribution in [0.1, 0.15) is 22.6 Å². The van der Waals surface area contributed by atoms with Gasteiger partial charge in [-0.1, -0.05) is 64.0 Å². The van der Waals surface area contributed by atoms with Crippen LogP contribution in [0.2, 0.25) is 0 Å². The number of aryl methyl sites for hydroxylation is 1. The van der Waals surface area contributed by atoms with Crippen LogP contribution in [0.15, 0.2) is 53.0 Å². The van der Waals surface area contributed by atoms with Gasteiger partial charge >= 0.3 is 0 Å². The Morgan fingerprint density at radius 1 is 1.05 bits per heavy atom. The highest BCUT2D eigenvalue weighted by Gasteiger charge is 2.13. The zero-order chi connectivity index (χ0) is 13.7. The molecule has 19 heavy (non-hydrogen) atoms. The van der Waals surface area contributed by atoms with Gasteiger partial charge in [0.15, 0.2) is 0 Å². The fraction of sp³-hybridized carbons (Fsp3) is 0.294. The van der Waals surface area contributed by atoms with Crippen molar-refractivity contribution in [3.8, 4) is 0 Å². The second-order valence-corrected chi connectivity index (χ2v) is 5.82. The number of hydrogen-bond donors (Lipinski definition) is 1. The van der Waals surface area contributed by atoms with E-state index in [9.17, 15) is 0 Å². The molecule has 0 bridgehead atoms. The highest BCUT2D eigenvalue weighted by Crippen LogP contribution is 2.25. The molecule has 0 spiro atoms. The van der Waals surface area contributed by atoms with Crippen LogP contribution >= 0.6 is 15.9 Å². The first-order chi connectivity index (χ1) is 9.20. The highest BCUT2D eigenvalue weighted by molar-refractivity contribution is 9.10. The lowest BCUT2D eigenvalue weighted by molar-refractivity contribution is 0.624. The second kappa shape index (κ2) is 6.88. The van der Waals surface area contributed by atoms with Crippen LogP contribution in [0.5, 0.6) is 0 Å². The summed E-state index contributed by atoms with van der Waals surface area (Å²) < 4.78 is 1.20. The predicted octanol–water partition coefficient (Wildman–Crippen LogP) is 4.30. The molecule has 2 aromatic carbocycles. The van der Waals surface area contributed by atoms with E-state index in [2.05, 4.69) is 76.7 Å². The van der Waals surface area contributed by atoms with Crippen molar-refractivity contribution in [1.29, 1.82) is 0 Å². The predicted molar refractivity (Wildman–Crippen MR) is 85.7 cm³/mol. The van der Waals surface area contributed by atoms with Crippen molar-refractivity contribution in [3.63, 3.8) is 0 Å². The molecule has 0 aliphatic heterocycles. The van der Waals surface area contributed by atoms with Gasteiger partial charge in [0.25, 0.3) is 0 Å². The van der Waals surface area contributed by atoms with Crippen molar-refractivity contribution in [2.75, 3.05) is 13.6 Å². The Morgan fingerprint density at radius 2 is 1.74 bits per heavy atom. The van der Waals surface area contributed by atoms with Gasteiger partial charge in [-0.15, -0.1) is 0 Å². The van der Waals surface area contributed by atoms with Gasteiger partial charge in [0.05, 0.1) is 0 Å².